The Morgan fingerprint density at radius 3 is 2.59 bits per heavy atom. The predicted molar refractivity (Wildman–Crippen MR) is 138 cm³/mol. The van der Waals surface area contributed by atoms with Crippen molar-refractivity contribution in [3.8, 4) is 5.75 Å². The fourth-order valence-electron chi connectivity index (χ4n) is 5.78. The van der Waals surface area contributed by atoms with Crippen LogP contribution in [0.15, 0.2) is 28.8 Å². The van der Waals surface area contributed by atoms with Crippen LogP contribution in [-0.2, 0) is 4.79 Å². The zero-order valence-electron chi connectivity index (χ0n) is 21.8. The number of rotatable bonds is 8. The number of allylic oxidation sites excluding steroid dienone is 2. The summed E-state index contributed by atoms with van der Waals surface area (Å²) in [4.78, 5) is 19.3. The maximum absolute atomic E-state index is 14.9. The lowest BCUT2D eigenvalue weighted by molar-refractivity contribution is -0.126. The standard InChI is InChI=1S/C29H37F2N3O3/c1-18(2)28-32-29(37-33-28)34-13-11-19(12-14-34)17-36-26-10-8-22(16-25(26)31)20-3-5-21(6-4-20)27(35)23-7-9-24(30)15-23/h3,8,10,16,18-19,21,23-24H,4-7,9,11-15,17H2,1-2H3/t21?,23?,24-/m0/s1. The molecule has 0 spiro atoms. The molecule has 1 aliphatic heterocycles. The molecule has 200 valence electrons. The van der Waals surface area contributed by atoms with Crippen LogP contribution in [0.1, 0.15) is 82.5 Å². The predicted octanol–water partition coefficient (Wildman–Crippen LogP) is 6.52. The van der Waals surface area contributed by atoms with Crippen molar-refractivity contribution < 1.29 is 22.8 Å². The van der Waals surface area contributed by atoms with E-state index in [4.69, 9.17) is 9.26 Å². The number of halogens is 2. The molecular formula is C29H37F2N3O3. The molecule has 1 aromatic heterocycles. The van der Waals surface area contributed by atoms with Gasteiger partial charge < -0.3 is 14.2 Å². The first-order valence-electron chi connectivity index (χ1n) is 13.8. The van der Waals surface area contributed by atoms with Crippen LogP contribution >= 0.6 is 0 Å². The fourth-order valence-corrected chi connectivity index (χ4v) is 5.78. The Morgan fingerprint density at radius 2 is 1.97 bits per heavy atom. The van der Waals surface area contributed by atoms with Crippen LogP contribution in [0.25, 0.3) is 5.57 Å². The highest BCUT2D eigenvalue weighted by Gasteiger charge is 2.34. The molecule has 2 fully saturated rings. The quantitative estimate of drug-likeness (QED) is 0.400. The van der Waals surface area contributed by atoms with Gasteiger partial charge in [-0.25, -0.2) is 8.78 Å². The van der Waals surface area contributed by atoms with Gasteiger partial charge in [-0.2, -0.15) is 4.98 Å². The number of carbonyl (C=O) groups is 1. The number of hydrogen-bond donors (Lipinski definition) is 0. The van der Waals surface area contributed by atoms with Gasteiger partial charge in [0.2, 0.25) is 0 Å². The Kier molecular flexibility index (Phi) is 7.91. The van der Waals surface area contributed by atoms with Gasteiger partial charge >= 0.3 is 6.01 Å². The summed E-state index contributed by atoms with van der Waals surface area (Å²) in [6.45, 7) is 6.16. The normalized spacial score (nSPS) is 24.9. The molecule has 1 aromatic carbocycles. The molecule has 2 aromatic rings. The van der Waals surface area contributed by atoms with Crippen molar-refractivity contribution in [1.29, 1.82) is 0 Å². The monoisotopic (exact) mass is 513 g/mol. The molecule has 0 N–H and O–H groups in total. The molecule has 1 saturated carbocycles. The van der Waals surface area contributed by atoms with Gasteiger partial charge in [-0.1, -0.05) is 31.1 Å². The van der Waals surface area contributed by atoms with Crippen LogP contribution in [0.5, 0.6) is 5.75 Å². The number of ketones is 1. The lowest BCUT2D eigenvalue weighted by atomic mass is 9.80. The SMILES string of the molecule is CC(C)c1noc(N2CCC(COc3ccc(C4=CCC(C(=O)C5CC[C@H](F)C5)CC4)cc3F)CC2)n1. The van der Waals surface area contributed by atoms with Crippen LogP contribution in [0.3, 0.4) is 0 Å². The van der Waals surface area contributed by atoms with Crippen LogP contribution in [0.4, 0.5) is 14.8 Å². The summed E-state index contributed by atoms with van der Waals surface area (Å²) in [5, 5.41) is 4.04. The second-order valence-electron chi connectivity index (χ2n) is 11.2. The van der Waals surface area contributed by atoms with Crippen molar-refractivity contribution >= 4 is 17.4 Å². The van der Waals surface area contributed by atoms with Crippen molar-refractivity contribution in [3.05, 3.63) is 41.5 Å². The first-order chi connectivity index (χ1) is 17.9. The van der Waals surface area contributed by atoms with Gasteiger partial charge in [-0.15, -0.1) is 0 Å². The highest BCUT2D eigenvalue weighted by molar-refractivity contribution is 5.85. The first kappa shape index (κ1) is 25.9. The number of alkyl halides is 1. The maximum atomic E-state index is 14.9. The molecule has 0 amide bonds. The molecule has 2 heterocycles. The third-order valence-corrected chi connectivity index (χ3v) is 8.19. The summed E-state index contributed by atoms with van der Waals surface area (Å²) < 4.78 is 39.6. The van der Waals surface area contributed by atoms with Crippen molar-refractivity contribution in [2.45, 2.75) is 77.3 Å². The van der Waals surface area contributed by atoms with Crippen LogP contribution in [-0.4, -0.2) is 41.8 Å². The Bertz CT molecular complexity index is 1120. The molecule has 37 heavy (non-hydrogen) atoms. The van der Waals surface area contributed by atoms with E-state index in [9.17, 15) is 13.6 Å². The van der Waals surface area contributed by atoms with Crippen molar-refractivity contribution in [2.75, 3.05) is 24.6 Å². The number of anilines is 1. The van der Waals surface area contributed by atoms with E-state index < -0.39 is 6.17 Å². The lowest BCUT2D eigenvalue weighted by Crippen LogP contribution is -2.35. The van der Waals surface area contributed by atoms with Crippen LogP contribution < -0.4 is 9.64 Å². The fraction of sp³-hybridized carbons (Fsp3) is 0.621. The topological polar surface area (TPSA) is 68.5 Å². The van der Waals surface area contributed by atoms with E-state index in [1.165, 1.54) is 0 Å². The second-order valence-corrected chi connectivity index (χ2v) is 11.2. The number of piperidine rings is 1. The van der Waals surface area contributed by atoms with Crippen molar-refractivity contribution in [2.24, 2.45) is 17.8 Å². The van der Waals surface area contributed by atoms with Gasteiger partial charge in [0.05, 0.1) is 6.61 Å². The zero-order chi connectivity index (χ0) is 25.9. The van der Waals surface area contributed by atoms with Gasteiger partial charge in [0.25, 0.3) is 0 Å². The molecule has 5 rings (SSSR count). The molecule has 1 saturated heterocycles. The summed E-state index contributed by atoms with van der Waals surface area (Å²) in [5.74, 6) is 1.27. The summed E-state index contributed by atoms with van der Waals surface area (Å²) in [6, 6.07) is 5.73. The highest BCUT2D eigenvalue weighted by Crippen LogP contribution is 2.37. The van der Waals surface area contributed by atoms with E-state index in [-0.39, 0.29) is 35.1 Å². The van der Waals surface area contributed by atoms with Crippen LogP contribution in [0.2, 0.25) is 0 Å². The third kappa shape index (κ3) is 6.04. The number of nitrogens with zero attached hydrogens (tertiary/aromatic N) is 3. The van der Waals surface area contributed by atoms with Crippen molar-refractivity contribution in [1.82, 2.24) is 10.1 Å². The molecule has 3 atom stereocenters. The second kappa shape index (κ2) is 11.3. The maximum Gasteiger partial charge on any atom is 0.324 e. The third-order valence-electron chi connectivity index (χ3n) is 8.19. The summed E-state index contributed by atoms with van der Waals surface area (Å²) in [5.41, 5.74) is 1.91. The number of benzene rings is 1. The van der Waals surface area contributed by atoms with E-state index >= 15 is 0 Å². The summed E-state index contributed by atoms with van der Waals surface area (Å²) in [6.07, 6.45) is 6.78. The van der Waals surface area contributed by atoms with E-state index in [1.807, 2.05) is 19.9 Å². The van der Waals surface area contributed by atoms with Gasteiger partial charge in [0.1, 0.15) is 12.0 Å². The van der Waals surface area contributed by atoms with Gasteiger partial charge in [-0.05, 0) is 80.6 Å². The van der Waals surface area contributed by atoms with Gasteiger partial charge in [0.15, 0.2) is 17.4 Å². The number of carbonyl (C=O) groups excluding carboxylic acids is 1. The molecule has 0 radical (unpaired) electrons. The molecular weight excluding hydrogens is 476 g/mol. The summed E-state index contributed by atoms with van der Waals surface area (Å²) >= 11 is 0. The number of ether oxygens (including phenoxy) is 1. The smallest absolute Gasteiger partial charge is 0.324 e. The number of hydrogen-bond acceptors (Lipinski definition) is 6. The molecule has 3 aliphatic rings. The molecule has 6 nitrogen and oxygen atoms in total. The van der Waals surface area contributed by atoms with E-state index in [1.54, 1.807) is 12.1 Å². The van der Waals surface area contributed by atoms with Gasteiger partial charge in [-0.3, -0.25) is 4.79 Å². The highest BCUT2D eigenvalue weighted by atomic mass is 19.1. The Hall–Kier alpha value is -2.77. The van der Waals surface area contributed by atoms with Gasteiger partial charge in [0, 0.05) is 30.8 Å². The Morgan fingerprint density at radius 1 is 1.16 bits per heavy atom. The Labute approximate surface area is 217 Å². The summed E-state index contributed by atoms with van der Waals surface area (Å²) in [7, 11) is 0. The molecule has 2 aliphatic carbocycles. The lowest BCUT2D eigenvalue weighted by Gasteiger charge is -2.30. The molecule has 2 unspecified atom stereocenters. The van der Waals surface area contributed by atoms with E-state index in [2.05, 4.69) is 21.1 Å². The average Bonchev–Trinajstić information content (AvgIpc) is 3.58. The molecule has 8 heteroatoms. The average molecular weight is 514 g/mol. The minimum atomic E-state index is -0.824. The first-order valence-corrected chi connectivity index (χ1v) is 13.8. The van der Waals surface area contributed by atoms with E-state index in [0.717, 1.165) is 55.7 Å². The minimum Gasteiger partial charge on any atom is -0.490 e. The van der Waals surface area contributed by atoms with Crippen molar-refractivity contribution in [3.63, 3.8) is 0 Å². The van der Waals surface area contributed by atoms with E-state index in [0.29, 0.717) is 44.2 Å². The van der Waals surface area contributed by atoms with Crippen LogP contribution in [0, 0.1) is 23.6 Å². The number of Topliss-reactive ketones (excluding diaryl/α,β-unsaturated/α-hetero) is 1. The Balaban J connectivity index is 1.10. The zero-order valence-corrected chi connectivity index (χ0v) is 21.8. The minimum absolute atomic E-state index is 0.0324. The largest absolute Gasteiger partial charge is 0.490 e. The molecule has 0 bridgehead atoms. The number of aromatic nitrogens is 2.